The molecule has 0 bridgehead atoms. The molecule has 1 aromatic rings. The highest BCUT2D eigenvalue weighted by molar-refractivity contribution is 7.92. The van der Waals surface area contributed by atoms with Gasteiger partial charge in [0.2, 0.25) is 5.91 Å². The van der Waals surface area contributed by atoms with Crippen molar-refractivity contribution < 1.29 is 17.9 Å². The fourth-order valence-corrected chi connectivity index (χ4v) is 3.41. The number of nitrogens with one attached hydrogen (secondary N) is 1. The van der Waals surface area contributed by atoms with Crippen LogP contribution in [0.3, 0.4) is 0 Å². The highest BCUT2D eigenvalue weighted by Crippen LogP contribution is 2.26. The Morgan fingerprint density at radius 3 is 2.71 bits per heavy atom. The first-order chi connectivity index (χ1) is 9.83. The van der Waals surface area contributed by atoms with E-state index in [1.165, 1.54) is 14.0 Å². The van der Waals surface area contributed by atoms with Crippen LogP contribution >= 0.6 is 11.6 Å². The monoisotopic (exact) mass is 331 g/mol. The smallest absolute Gasteiger partial charge is 0.238 e. The largest absolute Gasteiger partial charge is 0.496 e. The molecule has 1 aliphatic carbocycles. The number of sulfone groups is 1. The third kappa shape index (κ3) is 4.11. The molecule has 21 heavy (non-hydrogen) atoms. The van der Waals surface area contributed by atoms with E-state index < -0.39 is 21.0 Å². The molecule has 1 fully saturated rings. The third-order valence-electron chi connectivity index (χ3n) is 3.43. The van der Waals surface area contributed by atoms with Gasteiger partial charge in [0.15, 0.2) is 9.84 Å². The number of carbonyl (C=O) groups excluding carboxylic acids is 1. The summed E-state index contributed by atoms with van der Waals surface area (Å²) < 4.78 is 29.9. The maximum absolute atomic E-state index is 12.4. The minimum Gasteiger partial charge on any atom is -0.496 e. The van der Waals surface area contributed by atoms with Gasteiger partial charge in [0.1, 0.15) is 11.0 Å². The van der Waals surface area contributed by atoms with Crippen LogP contribution in [-0.4, -0.2) is 32.7 Å². The Hall–Kier alpha value is -1.27. The van der Waals surface area contributed by atoms with Crippen molar-refractivity contribution in [3.63, 3.8) is 0 Å². The molecular weight excluding hydrogens is 314 g/mol. The van der Waals surface area contributed by atoms with Gasteiger partial charge >= 0.3 is 0 Å². The first-order valence-corrected chi connectivity index (χ1v) is 8.77. The van der Waals surface area contributed by atoms with Crippen molar-refractivity contribution in [2.24, 2.45) is 0 Å². The second kappa shape index (κ2) is 6.23. The van der Waals surface area contributed by atoms with Gasteiger partial charge in [-0.2, -0.15) is 0 Å². The molecule has 5 nitrogen and oxygen atoms in total. The van der Waals surface area contributed by atoms with Gasteiger partial charge in [-0.15, -0.1) is 0 Å². The zero-order chi connectivity index (χ0) is 15.6. The molecule has 1 saturated carbocycles. The van der Waals surface area contributed by atoms with Crippen molar-refractivity contribution >= 4 is 27.3 Å². The highest BCUT2D eigenvalue weighted by Gasteiger charge is 2.32. The summed E-state index contributed by atoms with van der Waals surface area (Å²) in [5.41, 5.74) is 0.455. The predicted molar refractivity (Wildman–Crippen MR) is 81.3 cm³/mol. The predicted octanol–water partition coefficient (Wildman–Crippen LogP) is 1.93. The van der Waals surface area contributed by atoms with Gasteiger partial charge in [-0.25, -0.2) is 8.42 Å². The molecule has 0 heterocycles. The molecule has 0 saturated heterocycles. The summed E-state index contributed by atoms with van der Waals surface area (Å²) in [5.74, 6) is -0.285. The van der Waals surface area contributed by atoms with E-state index in [2.05, 4.69) is 5.32 Å². The van der Waals surface area contributed by atoms with Crippen LogP contribution < -0.4 is 10.1 Å². The van der Waals surface area contributed by atoms with Crippen LogP contribution in [-0.2, 0) is 20.4 Å². The molecule has 1 amide bonds. The number of hydrogen-bond donors (Lipinski definition) is 1. The maximum atomic E-state index is 12.4. The van der Waals surface area contributed by atoms with Gasteiger partial charge in [0.25, 0.3) is 0 Å². The van der Waals surface area contributed by atoms with Crippen LogP contribution in [0.1, 0.15) is 25.3 Å². The molecular formula is C14H18ClNO4S. The molecule has 116 valence electrons. The average Bonchev–Trinajstić information content (AvgIpc) is 3.21. The van der Waals surface area contributed by atoms with Crippen LogP contribution in [0.15, 0.2) is 18.2 Å². The van der Waals surface area contributed by atoms with Crippen molar-refractivity contribution in [3.05, 3.63) is 28.8 Å². The topological polar surface area (TPSA) is 72.5 Å². The van der Waals surface area contributed by atoms with Crippen molar-refractivity contribution in [1.29, 1.82) is 0 Å². The zero-order valence-electron chi connectivity index (χ0n) is 11.9. The van der Waals surface area contributed by atoms with E-state index in [1.54, 1.807) is 18.2 Å². The zero-order valence-corrected chi connectivity index (χ0v) is 13.5. The Morgan fingerprint density at radius 1 is 1.48 bits per heavy atom. The molecule has 2 rings (SSSR count). The summed E-state index contributed by atoms with van der Waals surface area (Å²) in [6.45, 7) is 1.41. The lowest BCUT2D eigenvalue weighted by Crippen LogP contribution is -2.39. The summed E-state index contributed by atoms with van der Waals surface area (Å²) in [6, 6.07) is 4.92. The fraction of sp³-hybridized carbons (Fsp3) is 0.500. The summed E-state index contributed by atoms with van der Waals surface area (Å²) in [4.78, 5) is 11.9. The molecule has 1 N–H and O–H groups in total. The molecule has 0 aliphatic heterocycles. The number of rotatable bonds is 6. The third-order valence-corrected chi connectivity index (χ3v) is 5.67. The highest BCUT2D eigenvalue weighted by atomic mass is 35.5. The van der Waals surface area contributed by atoms with Crippen LogP contribution in [0.2, 0.25) is 5.02 Å². The summed E-state index contributed by atoms with van der Waals surface area (Å²) in [6.07, 6.45) is 1.83. The van der Waals surface area contributed by atoms with Gasteiger partial charge in [0, 0.05) is 16.6 Å². The number of benzene rings is 1. The number of hydrogen-bond acceptors (Lipinski definition) is 4. The van der Waals surface area contributed by atoms with E-state index in [4.69, 9.17) is 16.3 Å². The number of carbonyl (C=O) groups is 1. The van der Waals surface area contributed by atoms with Gasteiger partial charge in [0.05, 0.1) is 12.9 Å². The fourth-order valence-electron chi connectivity index (χ4n) is 1.91. The van der Waals surface area contributed by atoms with Crippen LogP contribution in [0.4, 0.5) is 0 Å². The van der Waals surface area contributed by atoms with E-state index in [0.717, 1.165) is 12.8 Å². The van der Waals surface area contributed by atoms with Crippen LogP contribution in [0.25, 0.3) is 0 Å². The van der Waals surface area contributed by atoms with E-state index in [-0.39, 0.29) is 11.8 Å². The van der Waals surface area contributed by atoms with Gasteiger partial charge < -0.3 is 10.1 Å². The van der Waals surface area contributed by atoms with E-state index in [9.17, 15) is 13.2 Å². The summed E-state index contributed by atoms with van der Waals surface area (Å²) >= 11 is 5.89. The van der Waals surface area contributed by atoms with Crippen molar-refractivity contribution in [2.45, 2.75) is 36.8 Å². The number of ether oxygens (including phenoxy) is 1. The molecule has 1 aromatic carbocycles. The number of amides is 1. The normalized spacial score (nSPS) is 16.3. The van der Waals surface area contributed by atoms with Gasteiger partial charge in [-0.1, -0.05) is 11.6 Å². The Balaban J connectivity index is 2.16. The van der Waals surface area contributed by atoms with Crippen molar-refractivity contribution in [1.82, 2.24) is 5.32 Å². The average molecular weight is 332 g/mol. The minimum absolute atomic E-state index is 0.135. The van der Waals surface area contributed by atoms with Gasteiger partial charge in [-0.05, 0) is 38.0 Å². The molecule has 1 aliphatic rings. The first kappa shape index (κ1) is 16.1. The lowest BCUT2D eigenvalue weighted by atomic mass is 10.2. The quantitative estimate of drug-likeness (QED) is 0.864. The Kier molecular flexibility index (Phi) is 4.78. The SMILES string of the molecule is COc1ccc(Cl)cc1CS(=O)(=O)C(C)C(=O)NC1CC1. The lowest BCUT2D eigenvalue weighted by molar-refractivity contribution is -0.120. The molecule has 7 heteroatoms. The maximum Gasteiger partial charge on any atom is 0.238 e. The molecule has 0 spiro atoms. The second-order valence-electron chi connectivity index (χ2n) is 5.19. The van der Waals surface area contributed by atoms with E-state index in [0.29, 0.717) is 16.3 Å². The molecule has 1 unspecified atom stereocenters. The molecule has 0 aromatic heterocycles. The van der Waals surface area contributed by atoms with Crippen molar-refractivity contribution in [2.75, 3.05) is 7.11 Å². The Bertz CT molecular complexity index is 640. The second-order valence-corrected chi connectivity index (χ2v) is 7.95. The van der Waals surface area contributed by atoms with Crippen LogP contribution in [0.5, 0.6) is 5.75 Å². The van der Waals surface area contributed by atoms with E-state index in [1.807, 2.05) is 0 Å². The lowest BCUT2D eigenvalue weighted by Gasteiger charge is -2.14. The minimum atomic E-state index is -3.63. The summed E-state index contributed by atoms with van der Waals surface area (Å²) in [5, 5.41) is 2.04. The number of halogens is 1. The Labute approximate surface area is 129 Å². The molecule has 0 radical (unpaired) electrons. The van der Waals surface area contributed by atoms with E-state index >= 15 is 0 Å². The van der Waals surface area contributed by atoms with Gasteiger partial charge in [-0.3, -0.25) is 4.79 Å². The van der Waals surface area contributed by atoms with Crippen LogP contribution in [0, 0.1) is 0 Å². The number of methoxy groups -OCH3 is 1. The standard InChI is InChI=1S/C14H18ClNO4S/c1-9(14(17)16-12-4-5-12)21(18,19)8-10-7-11(15)3-6-13(10)20-2/h3,6-7,9,12H,4-5,8H2,1-2H3,(H,16,17). The Morgan fingerprint density at radius 2 is 2.14 bits per heavy atom. The molecule has 1 atom stereocenters. The van der Waals surface area contributed by atoms with Crippen molar-refractivity contribution in [3.8, 4) is 5.75 Å². The summed E-state index contributed by atoms with van der Waals surface area (Å²) in [7, 11) is -2.17. The first-order valence-electron chi connectivity index (χ1n) is 6.68.